The molecule has 0 amide bonds. The lowest BCUT2D eigenvalue weighted by Crippen LogP contribution is -2.38. The molecule has 11 aromatic carbocycles. The molecule has 0 saturated carbocycles. The molecule has 1 aliphatic heterocycles. The monoisotopic (exact) mass is 817 g/mol. The van der Waals surface area contributed by atoms with Gasteiger partial charge in [-0.05, 0) is 140 Å². The molecule has 3 heteroatoms. The van der Waals surface area contributed by atoms with E-state index in [0.29, 0.717) is 12.4 Å². The van der Waals surface area contributed by atoms with Gasteiger partial charge in [0, 0.05) is 12.1 Å². The molecule has 1 aliphatic rings. The standard InChI is InChI=1S/C61H43N3/c62-60-55-23-10-8-21-52(55)45-17-12-18-46(35-45)57-36-44(28-30-49(57)38-63-61(64-60)56-24-11-9-19-50(56)39-13-2-1-3-14-39)42-25-26-43-34-48(29-27-41(43)33-42)59-53-22-7-5-16-47(53)37-58-51-20-6-4-15-40(51)31-32-54(58)59/h1-37,61,63H,38H2,(H2,62,64). The molecule has 3 nitrogen and oxygen atoms in total. The van der Waals surface area contributed by atoms with Gasteiger partial charge in [-0.15, -0.1) is 0 Å². The van der Waals surface area contributed by atoms with Crippen molar-refractivity contribution < 1.29 is 0 Å². The largest absolute Gasteiger partial charge is 0.351 e. The summed E-state index contributed by atoms with van der Waals surface area (Å²) in [6.07, 6.45) is -0.334. The van der Waals surface area contributed by atoms with Crippen LogP contribution in [-0.4, -0.2) is 5.84 Å². The van der Waals surface area contributed by atoms with Crippen LogP contribution in [0.1, 0.15) is 22.9 Å². The Hall–Kier alpha value is -8.11. The highest BCUT2D eigenvalue weighted by atomic mass is 15.1. The number of hydrogen-bond donors (Lipinski definition) is 3. The van der Waals surface area contributed by atoms with Gasteiger partial charge in [-0.2, -0.15) is 0 Å². The number of fused-ring (bicyclic) bond motifs is 11. The maximum atomic E-state index is 9.45. The zero-order chi connectivity index (χ0) is 42.6. The Bertz CT molecular complexity index is 3620. The van der Waals surface area contributed by atoms with Crippen LogP contribution >= 0.6 is 0 Å². The van der Waals surface area contributed by atoms with Gasteiger partial charge in [-0.25, -0.2) is 0 Å². The van der Waals surface area contributed by atoms with Crippen LogP contribution in [-0.2, 0) is 6.54 Å². The topological polar surface area (TPSA) is 47.9 Å². The molecule has 0 aromatic heterocycles. The van der Waals surface area contributed by atoms with Crippen LogP contribution < -0.4 is 10.6 Å². The van der Waals surface area contributed by atoms with Crippen molar-refractivity contribution in [2.45, 2.75) is 12.7 Å². The van der Waals surface area contributed by atoms with Crippen LogP contribution in [0.15, 0.2) is 224 Å². The first kappa shape index (κ1) is 37.6. The summed E-state index contributed by atoms with van der Waals surface area (Å²) in [7, 11) is 0. The maximum absolute atomic E-state index is 9.45. The minimum Gasteiger partial charge on any atom is -0.351 e. The lowest BCUT2D eigenvalue weighted by molar-refractivity contribution is 0.505. The lowest BCUT2D eigenvalue weighted by Gasteiger charge is -2.27. The zero-order valence-corrected chi connectivity index (χ0v) is 35.1. The Balaban J connectivity index is 0.958. The number of amidine groups is 1. The fraction of sp³-hybridized carbons (Fsp3) is 0.0328. The normalized spacial score (nSPS) is 13.8. The number of nitrogens with one attached hydrogen (secondary N) is 3. The van der Waals surface area contributed by atoms with E-state index in [9.17, 15) is 5.41 Å². The van der Waals surface area contributed by atoms with E-state index in [-0.39, 0.29) is 6.17 Å². The quantitative estimate of drug-likeness (QED) is 0.122. The smallest absolute Gasteiger partial charge is 0.127 e. The first-order chi connectivity index (χ1) is 31.6. The van der Waals surface area contributed by atoms with Crippen LogP contribution in [0.5, 0.6) is 0 Å². The Labute approximate surface area is 372 Å². The van der Waals surface area contributed by atoms with E-state index < -0.39 is 0 Å². The average Bonchev–Trinajstić information content (AvgIpc) is 3.36. The van der Waals surface area contributed by atoms with Crippen molar-refractivity contribution in [3.63, 3.8) is 0 Å². The van der Waals surface area contributed by atoms with Crippen molar-refractivity contribution in [1.29, 1.82) is 5.41 Å². The minimum absolute atomic E-state index is 0.334. The van der Waals surface area contributed by atoms with Crippen LogP contribution in [0.3, 0.4) is 0 Å². The van der Waals surface area contributed by atoms with E-state index in [1.54, 1.807) is 0 Å². The average molecular weight is 818 g/mol. The van der Waals surface area contributed by atoms with Crippen molar-refractivity contribution in [1.82, 2.24) is 10.6 Å². The number of benzene rings is 11. The van der Waals surface area contributed by atoms with Crippen molar-refractivity contribution in [2.75, 3.05) is 0 Å². The molecule has 2 bridgehead atoms. The molecule has 1 atom stereocenters. The van der Waals surface area contributed by atoms with Crippen LogP contribution in [0.25, 0.3) is 98.7 Å². The van der Waals surface area contributed by atoms with Gasteiger partial charge >= 0.3 is 0 Å². The van der Waals surface area contributed by atoms with E-state index in [2.05, 4.69) is 223 Å². The molecule has 0 fully saturated rings. The van der Waals surface area contributed by atoms with E-state index >= 15 is 0 Å². The first-order valence-corrected chi connectivity index (χ1v) is 22.1. The predicted octanol–water partition coefficient (Wildman–Crippen LogP) is 15.4. The SMILES string of the molecule is N=C1NC(c2ccccc2-c2ccccc2)NCc2ccc(-c3ccc4cc(-c5c6ccccc6cc6c5ccc5ccccc56)ccc4c3)cc2-c2cccc(c2)-c2ccccc21. The molecule has 0 spiro atoms. The predicted molar refractivity (Wildman–Crippen MR) is 270 cm³/mol. The molecule has 64 heavy (non-hydrogen) atoms. The van der Waals surface area contributed by atoms with Gasteiger partial charge in [0.2, 0.25) is 0 Å². The van der Waals surface area contributed by atoms with Crippen LogP contribution in [0.2, 0.25) is 0 Å². The molecule has 3 N–H and O–H groups in total. The third kappa shape index (κ3) is 6.62. The van der Waals surface area contributed by atoms with Crippen LogP contribution in [0.4, 0.5) is 0 Å². The first-order valence-electron chi connectivity index (χ1n) is 22.1. The molecule has 302 valence electrons. The van der Waals surface area contributed by atoms with Crippen LogP contribution in [0, 0.1) is 5.41 Å². The molecule has 1 heterocycles. The Morgan fingerprint density at radius 1 is 0.344 bits per heavy atom. The molecular weight excluding hydrogens is 775 g/mol. The molecule has 0 aliphatic carbocycles. The van der Waals surface area contributed by atoms with Crippen molar-refractivity contribution in [3.05, 3.63) is 241 Å². The van der Waals surface area contributed by atoms with Gasteiger partial charge in [-0.1, -0.05) is 194 Å². The maximum Gasteiger partial charge on any atom is 0.127 e. The van der Waals surface area contributed by atoms with Crippen molar-refractivity contribution in [3.8, 4) is 55.6 Å². The summed E-state index contributed by atoms with van der Waals surface area (Å²) in [6.45, 7) is 0.592. The van der Waals surface area contributed by atoms with E-state index in [1.165, 1.54) is 76.5 Å². The third-order valence-corrected chi connectivity index (χ3v) is 13.2. The van der Waals surface area contributed by atoms with Crippen molar-refractivity contribution >= 4 is 48.9 Å². The second kappa shape index (κ2) is 15.7. The zero-order valence-electron chi connectivity index (χ0n) is 35.1. The van der Waals surface area contributed by atoms with Gasteiger partial charge in [-0.3, -0.25) is 10.7 Å². The number of rotatable bonds is 4. The number of hydrogen-bond acceptors (Lipinski definition) is 2. The Morgan fingerprint density at radius 3 is 1.80 bits per heavy atom. The summed E-state index contributed by atoms with van der Waals surface area (Å²) in [6, 6.07) is 81.2. The Kier molecular flexibility index (Phi) is 9.21. The van der Waals surface area contributed by atoms with Gasteiger partial charge in [0.25, 0.3) is 0 Å². The summed E-state index contributed by atoms with van der Waals surface area (Å²) in [5.74, 6) is 0.375. The molecule has 0 saturated heterocycles. The van der Waals surface area contributed by atoms with E-state index in [4.69, 9.17) is 0 Å². The third-order valence-electron chi connectivity index (χ3n) is 13.2. The fourth-order valence-corrected chi connectivity index (χ4v) is 10.0. The molecule has 11 aromatic rings. The summed E-state index contributed by atoms with van der Waals surface area (Å²) in [4.78, 5) is 0. The Morgan fingerprint density at radius 2 is 0.953 bits per heavy atom. The van der Waals surface area contributed by atoms with Gasteiger partial charge < -0.3 is 5.32 Å². The van der Waals surface area contributed by atoms with Gasteiger partial charge in [0.1, 0.15) is 12.0 Å². The summed E-state index contributed by atoms with van der Waals surface area (Å²) in [5, 5.41) is 27.0. The lowest BCUT2D eigenvalue weighted by atomic mass is 9.88. The second-order valence-electron chi connectivity index (χ2n) is 16.9. The molecular formula is C61H43N3. The van der Waals surface area contributed by atoms with E-state index in [0.717, 1.165) is 38.9 Å². The summed E-state index contributed by atoms with van der Waals surface area (Å²) in [5.41, 5.74) is 14.7. The van der Waals surface area contributed by atoms with Gasteiger partial charge in [0.05, 0.1) is 0 Å². The highest BCUT2D eigenvalue weighted by Crippen LogP contribution is 2.41. The summed E-state index contributed by atoms with van der Waals surface area (Å²) < 4.78 is 0. The summed E-state index contributed by atoms with van der Waals surface area (Å²) >= 11 is 0. The highest BCUT2D eigenvalue weighted by Gasteiger charge is 2.22. The van der Waals surface area contributed by atoms with E-state index in [1.807, 2.05) is 12.1 Å². The molecule has 1 unspecified atom stereocenters. The minimum atomic E-state index is -0.334. The molecule has 12 rings (SSSR count). The second-order valence-corrected chi connectivity index (χ2v) is 16.9. The van der Waals surface area contributed by atoms with Crippen molar-refractivity contribution in [2.24, 2.45) is 0 Å². The molecule has 0 radical (unpaired) electrons. The van der Waals surface area contributed by atoms with Gasteiger partial charge in [0.15, 0.2) is 0 Å². The fourth-order valence-electron chi connectivity index (χ4n) is 10.0. The highest BCUT2D eigenvalue weighted by molar-refractivity contribution is 6.20.